The van der Waals surface area contributed by atoms with Gasteiger partial charge < -0.3 is 24.4 Å². The number of pyridine rings is 1. The van der Waals surface area contributed by atoms with Crippen molar-refractivity contribution in [3.05, 3.63) is 48.3 Å². The van der Waals surface area contributed by atoms with Gasteiger partial charge in [-0.1, -0.05) is 6.07 Å². The first-order chi connectivity index (χ1) is 13.2. The van der Waals surface area contributed by atoms with E-state index in [1.54, 1.807) is 12.4 Å². The second-order valence-corrected chi connectivity index (χ2v) is 6.28. The molecule has 0 spiro atoms. The normalized spacial score (nSPS) is 11.7. The van der Waals surface area contributed by atoms with Crippen molar-refractivity contribution in [1.29, 1.82) is 0 Å². The molecule has 7 nitrogen and oxygen atoms in total. The maximum atomic E-state index is 11.2. The summed E-state index contributed by atoms with van der Waals surface area (Å²) in [6, 6.07) is 9.59. The number of thiocarbonyl (C=S) groups is 1. The molecule has 0 unspecified atom stereocenters. The van der Waals surface area contributed by atoms with Gasteiger partial charge in [0.2, 0.25) is 6.79 Å². The quantitative estimate of drug-likeness (QED) is 0.442. The molecule has 2 aromatic rings. The molecular weight excluding hydrogens is 366 g/mol. The zero-order valence-corrected chi connectivity index (χ0v) is 15.8. The number of aromatic nitrogens is 1. The van der Waals surface area contributed by atoms with Crippen LogP contribution in [0.2, 0.25) is 0 Å². The van der Waals surface area contributed by atoms with Gasteiger partial charge in [-0.15, -0.1) is 0 Å². The minimum atomic E-state index is -0.231. The highest BCUT2D eigenvalue weighted by Crippen LogP contribution is 2.35. The topological polar surface area (TPSA) is 72.9 Å². The van der Waals surface area contributed by atoms with Gasteiger partial charge >= 0.3 is 5.97 Å². The molecule has 0 fully saturated rings. The number of ether oxygens (including phenoxy) is 3. The predicted molar refractivity (Wildman–Crippen MR) is 105 cm³/mol. The predicted octanol–water partition coefficient (Wildman–Crippen LogP) is 2.64. The van der Waals surface area contributed by atoms with Crippen LogP contribution in [0.5, 0.6) is 11.5 Å². The minimum Gasteiger partial charge on any atom is -0.469 e. The lowest BCUT2D eigenvalue weighted by molar-refractivity contribution is -0.140. The molecule has 0 bridgehead atoms. The molecule has 142 valence electrons. The van der Waals surface area contributed by atoms with Gasteiger partial charge in [-0.05, 0) is 42.4 Å². The number of hydrogen-bond acceptors (Lipinski definition) is 6. The van der Waals surface area contributed by atoms with Crippen LogP contribution in [0.15, 0.2) is 42.7 Å². The maximum absolute atomic E-state index is 11.2. The maximum Gasteiger partial charge on any atom is 0.305 e. The van der Waals surface area contributed by atoms with E-state index in [0.717, 1.165) is 17.0 Å². The Morgan fingerprint density at radius 2 is 2.19 bits per heavy atom. The second-order valence-electron chi connectivity index (χ2n) is 5.90. The summed E-state index contributed by atoms with van der Waals surface area (Å²) in [5.74, 6) is 1.18. The summed E-state index contributed by atoms with van der Waals surface area (Å²) in [5.41, 5.74) is 1.91. The van der Waals surface area contributed by atoms with Crippen LogP contribution in [0.25, 0.3) is 0 Å². The molecule has 8 heteroatoms. The van der Waals surface area contributed by atoms with Crippen molar-refractivity contribution in [3.8, 4) is 11.5 Å². The number of anilines is 1. The average Bonchev–Trinajstić information content (AvgIpc) is 3.17. The first-order valence-corrected chi connectivity index (χ1v) is 8.99. The number of carbonyl (C=O) groups is 1. The lowest BCUT2D eigenvalue weighted by Crippen LogP contribution is -2.40. The molecule has 1 aliphatic rings. The number of rotatable bonds is 7. The summed E-state index contributed by atoms with van der Waals surface area (Å²) in [6.07, 6.45) is 4.52. The SMILES string of the molecule is COC(=O)CCCNC(=S)N(Cc1cccnc1)c1ccc2c(c1)OCO2. The third-order valence-electron chi connectivity index (χ3n) is 4.04. The Hall–Kier alpha value is -2.87. The van der Waals surface area contributed by atoms with Crippen LogP contribution in [-0.2, 0) is 16.1 Å². The molecule has 0 amide bonds. The fourth-order valence-electron chi connectivity index (χ4n) is 2.63. The summed E-state index contributed by atoms with van der Waals surface area (Å²) >= 11 is 5.60. The summed E-state index contributed by atoms with van der Waals surface area (Å²) < 4.78 is 15.5. The highest BCUT2D eigenvalue weighted by molar-refractivity contribution is 7.80. The Labute approximate surface area is 163 Å². The van der Waals surface area contributed by atoms with E-state index in [0.29, 0.717) is 36.8 Å². The van der Waals surface area contributed by atoms with Crippen molar-refractivity contribution < 1.29 is 19.0 Å². The summed E-state index contributed by atoms with van der Waals surface area (Å²) in [6.45, 7) is 1.34. The van der Waals surface area contributed by atoms with Crippen molar-refractivity contribution >= 4 is 29.0 Å². The molecule has 1 aromatic heterocycles. The molecule has 1 aromatic carbocycles. The van der Waals surface area contributed by atoms with Gasteiger partial charge in [0.15, 0.2) is 16.6 Å². The summed E-state index contributed by atoms with van der Waals surface area (Å²) in [5, 5.41) is 3.76. The number of nitrogens with one attached hydrogen (secondary N) is 1. The highest BCUT2D eigenvalue weighted by atomic mass is 32.1. The van der Waals surface area contributed by atoms with Gasteiger partial charge in [-0.2, -0.15) is 0 Å². The largest absolute Gasteiger partial charge is 0.469 e. The Bertz CT molecular complexity index is 801. The zero-order chi connectivity index (χ0) is 19.1. The molecule has 3 rings (SSSR count). The third kappa shape index (κ3) is 5.07. The van der Waals surface area contributed by atoms with Crippen molar-refractivity contribution in [2.45, 2.75) is 19.4 Å². The standard InChI is InChI=1S/C19H21N3O4S/c1-24-18(23)5-3-9-21-19(27)22(12-14-4-2-8-20-11-14)15-6-7-16-17(10-15)26-13-25-16/h2,4,6-8,10-11H,3,5,9,12-13H2,1H3,(H,21,27). The molecule has 0 atom stereocenters. The van der Waals surface area contributed by atoms with Crippen LogP contribution in [0.1, 0.15) is 18.4 Å². The van der Waals surface area contributed by atoms with Crippen LogP contribution in [0.3, 0.4) is 0 Å². The number of methoxy groups -OCH3 is 1. The molecule has 0 saturated carbocycles. The molecule has 1 N–H and O–H groups in total. The van der Waals surface area contributed by atoms with Crippen molar-refractivity contribution in [2.24, 2.45) is 0 Å². The van der Waals surface area contributed by atoms with Crippen molar-refractivity contribution in [3.63, 3.8) is 0 Å². The first-order valence-electron chi connectivity index (χ1n) is 8.58. The van der Waals surface area contributed by atoms with E-state index in [-0.39, 0.29) is 12.8 Å². The Morgan fingerprint density at radius 1 is 1.33 bits per heavy atom. The second kappa shape index (κ2) is 9.18. The molecule has 0 saturated heterocycles. The van der Waals surface area contributed by atoms with Crippen LogP contribution in [-0.4, -0.2) is 36.5 Å². The Kier molecular flexibility index (Phi) is 6.43. The number of esters is 1. The van der Waals surface area contributed by atoms with Gasteiger partial charge in [-0.25, -0.2) is 0 Å². The Balaban J connectivity index is 1.71. The Morgan fingerprint density at radius 3 is 2.96 bits per heavy atom. The van der Waals surface area contributed by atoms with Crippen LogP contribution in [0.4, 0.5) is 5.69 Å². The molecular formula is C19H21N3O4S. The van der Waals surface area contributed by atoms with E-state index in [9.17, 15) is 4.79 Å². The van der Waals surface area contributed by atoms with Crippen LogP contribution in [0, 0.1) is 0 Å². The number of hydrogen-bond donors (Lipinski definition) is 1. The van der Waals surface area contributed by atoms with Gasteiger partial charge in [0.05, 0.1) is 13.7 Å². The highest BCUT2D eigenvalue weighted by Gasteiger charge is 2.19. The molecule has 1 aliphatic heterocycles. The number of nitrogens with zero attached hydrogens (tertiary/aromatic N) is 2. The minimum absolute atomic E-state index is 0.220. The number of fused-ring (bicyclic) bond motifs is 1. The first kappa shape index (κ1) is 18.9. The van der Waals surface area contributed by atoms with E-state index >= 15 is 0 Å². The fraction of sp³-hybridized carbons (Fsp3) is 0.316. The molecule has 2 heterocycles. The van der Waals surface area contributed by atoms with Gasteiger partial charge in [0.25, 0.3) is 0 Å². The lowest BCUT2D eigenvalue weighted by atomic mass is 10.2. The van der Waals surface area contributed by atoms with Crippen LogP contribution < -0.4 is 19.7 Å². The van der Waals surface area contributed by atoms with Crippen LogP contribution >= 0.6 is 12.2 Å². The fourth-order valence-corrected chi connectivity index (χ4v) is 2.91. The molecule has 0 radical (unpaired) electrons. The van der Waals surface area contributed by atoms with E-state index < -0.39 is 0 Å². The molecule has 27 heavy (non-hydrogen) atoms. The third-order valence-corrected chi connectivity index (χ3v) is 4.40. The summed E-state index contributed by atoms with van der Waals surface area (Å²) in [7, 11) is 1.38. The van der Waals surface area contributed by atoms with Gasteiger partial charge in [0, 0.05) is 37.1 Å². The van der Waals surface area contributed by atoms with Crippen molar-refractivity contribution in [1.82, 2.24) is 10.3 Å². The molecule has 0 aliphatic carbocycles. The van der Waals surface area contributed by atoms with Gasteiger partial charge in [0.1, 0.15) is 0 Å². The summed E-state index contributed by atoms with van der Waals surface area (Å²) in [4.78, 5) is 17.4. The van der Waals surface area contributed by atoms with E-state index in [1.165, 1.54) is 7.11 Å². The lowest BCUT2D eigenvalue weighted by Gasteiger charge is -2.26. The van der Waals surface area contributed by atoms with Gasteiger partial charge in [-0.3, -0.25) is 9.78 Å². The van der Waals surface area contributed by atoms with E-state index in [1.807, 2.05) is 35.2 Å². The monoisotopic (exact) mass is 387 g/mol. The number of benzene rings is 1. The van der Waals surface area contributed by atoms with Crippen molar-refractivity contribution in [2.75, 3.05) is 25.3 Å². The smallest absolute Gasteiger partial charge is 0.305 e. The van der Waals surface area contributed by atoms with E-state index in [4.69, 9.17) is 21.7 Å². The number of carbonyl (C=O) groups excluding carboxylic acids is 1. The average molecular weight is 387 g/mol. The zero-order valence-electron chi connectivity index (χ0n) is 15.0. The van der Waals surface area contributed by atoms with E-state index in [2.05, 4.69) is 15.0 Å².